The van der Waals surface area contributed by atoms with Gasteiger partial charge >= 0.3 is 0 Å². The summed E-state index contributed by atoms with van der Waals surface area (Å²) in [6, 6.07) is 0.211. The Bertz CT molecular complexity index is 603. The normalized spacial score (nSPS) is 52.8. The SMILES string of the molecule is C[C@@]12CCC[C@H]1[C@@H]1CCC3C(N4C=COC=C4)[C@@H](O)CC[C@]3(C)[C@H]1CC2. The first-order valence-electron chi connectivity index (χ1n) is 11.0. The lowest BCUT2D eigenvalue weighted by Crippen LogP contribution is -2.60. The third-order valence-electron chi connectivity index (χ3n) is 9.48. The van der Waals surface area contributed by atoms with E-state index < -0.39 is 0 Å². The van der Waals surface area contributed by atoms with Gasteiger partial charge in [0.15, 0.2) is 0 Å². The van der Waals surface area contributed by atoms with Gasteiger partial charge < -0.3 is 14.7 Å². The van der Waals surface area contributed by atoms with E-state index >= 15 is 0 Å². The van der Waals surface area contributed by atoms with Gasteiger partial charge in [-0.2, -0.15) is 0 Å². The molecule has 26 heavy (non-hydrogen) atoms. The van der Waals surface area contributed by atoms with Crippen molar-refractivity contribution < 1.29 is 9.84 Å². The summed E-state index contributed by atoms with van der Waals surface area (Å²) in [6.07, 6.45) is 19.4. The van der Waals surface area contributed by atoms with Gasteiger partial charge in [-0.05, 0) is 85.9 Å². The minimum absolute atomic E-state index is 0.211. The van der Waals surface area contributed by atoms with Crippen molar-refractivity contribution in [1.29, 1.82) is 0 Å². The fourth-order valence-electron chi connectivity index (χ4n) is 8.22. The van der Waals surface area contributed by atoms with E-state index in [4.69, 9.17) is 4.74 Å². The van der Waals surface area contributed by atoms with Crippen LogP contribution in [0.4, 0.5) is 0 Å². The van der Waals surface area contributed by atoms with Crippen LogP contribution in [0, 0.1) is 34.5 Å². The average Bonchev–Trinajstić information content (AvgIpc) is 3.05. The zero-order valence-corrected chi connectivity index (χ0v) is 16.4. The Labute approximate surface area is 158 Å². The van der Waals surface area contributed by atoms with Gasteiger partial charge in [-0.3, -0.25) is 0 Å². The second-order valence-corrected chi connectivity index (χ2v) is 10.4. The van der Waals surface area contributed by atoms with E-state index in [1.54, 1.807) is 12.5 Å². The number of aliphatic hydroxyl groups is 1. The first kappa shape index (κ1) is 17.2. The molecule has 0 amide bonds. The molecule has 0 aromatic rings. The molecule has 1 heterocycles. The summed E-state index contributed by atoms with van der Waals surface area (Å²) < 4.78 is 5.25. The molecular formula is C23H35NO2. The van der Waals surface area contributed by atoms with Crippen molar-refractivity contribution >= 4 is 0 Å². The summed E-state index contributed by atoms with van der Waals surface area (Å²) in [5.41, 5.74) is 1.02. The molecular weight excluding hydrogens is 322 g/mol. The Morgan fingerprint density at radius 1 is 0.885 bits per heavy atom. The van der Waals surface area contributed by atoms with Crippen molar-refractivity contribution in [3.05, 3.63) is 24.9 Å². The largest absolute Gasteiger partial charge is 0.470 e. The fraction of sp³-hybridized carbons (Fsp3) is 0.826. The van der Waals surface area contributed by atoms with Crippen LogP contribution in [0.2, 0.25) is 0 Å². The summed E-state index contributed by atoms with van der Waals surface area (Å²) in [7, 11) is 0. The van der Waals surface area contributed by atoms with Crippen LogP contribution in [-0.2, 0) is 4.74 Å². The average molecular weight is 358 g/mol. The molecule has 8 atom stereocenters. The van der Waals surface area contributed by atoms with Gasteiger partial charge in [0.2, 0.25) is 0 Å². The van der Waals surface area contributed by atoms with E-state index in [-0.39, 0.29) is 12.1 Å². The monoisotopic (exact) mass is 357 g/mol. The molecule has 0 spiro atoms. The third-order valence-corrected chi connectivity index (χ3v) is 9.48. The highest BCUT2D eigenvalue weighted by molar-refractivity contribution is 5.12. The van der Waals surface area contributed by atoms with Gasteiger partial charge in [0, 0.05) is 12.4 Å². The summed E-state index contributed by atoms with van der Waals surface area (Å²) in [5.74, 6) is 3.35. The van der Waals surface area contributed by atoms with Crippen molar-refractivity contribution in [3.8, 4) is 0 Å². The molecule has 4 fully saturated rings. The van der Waals surface area contributed by atoms with Crippen molar-refractivity contribution in [2.45, 2.75) is 83.8 Å². The van der Waals surface area contributed by atoms with E-state index in [0.29, 0.717) is 16.7 Å². The molecule has 2 unspecified atom stereocenters. The molecule has 0 aromatic heterocycles. The highest BCUT2D eigenvalue weighted by Crippen LogP contribution is 2.66. The second-order valence-electron chi connectivity index (χ2n) is 10.4. The molecule has 0 saturated heterocycles. The van der Waals surface area contributed by atoms with Crippen LogP contribution in [0.5, 0.6) is 0 Å². The number of hydrogen-bond donors (Lipinski definition) is 1. The Hall–Kier alpha value is -0.960. The molecule has 4 saturated carbocycles. The number of aliphatic hydroxyl groups excluding tert-OH is 1. The smallest absolute Gasteiger partial charge is 0.106 e. The predicted molar refractivity (Wildman–Crippen MR) is 103 cm³/mol. The second kappa shape index (κ2) is 6.02. The van der Waals surface area contributed by atoms with Gasteiger partial charge in [-0.15, -0.1) is 0 Å². The lowest BCUT2D eigenvalue weighted by molar-refractivity contribution is -0.145. The number of fused-ring (bicyclic) bond motifs is 5. The Morgan fingerprint density at radius 3 is 2.50 bits per heavy atom. The molecule has 0 aromatic carbocycles. The van der Waals surface area contributed by atoms with E-state index in [0.717, 1.165) is 24.2 Å². The van der Waals surface area contributed by atoms with Crippen LogP contribution in [-0.4, -0.2) is 22.2 Å². The lowest BCUT2D eigenvalue weighted by Gasteiger charge is -2.62. The number of ether oxygens (including phenoxy) is 1. The quantitative estimate of drug-likeness (QED) is 0.714. The summed E-state index contributed by atoms with van der Waals surface area (Å²) in [6.45, 7) is 5.17. The van der Waals surface area contributed by atoms with Crippen molar-refractivity contribution in [2.24, 2.45) is 34.5 Å². The topological polar surface area (TPSA) is 32.7 Å². The maximum atomic E-state index is 10.9. The maximum absolute atomic E-state index is 10.9. The van der Waals surface area contributed by atoms with Crippen LogP contribution >= 0.6 is 0 Å². The van der Waals surface area contributed by atoms with Crippen LogP contribution in [0.25, 0.3) is 0 Å². The minimum atomic E-state index is -0.225. The molecule has 144 valence electrons. The zero-order valence-electron chi connectivity index (χ0n) is 16.4. The van der Waals surface area contributed by atoms with Crippen molar-refractivity contribution in [2.75, 3.05) is 0 Å². The highest BCUT2D eigenvalue weighted by Gasteiger charge is 2.60. The Balaban J connectivity index is 1.46. The Morgan fingerprint density at radius 2 is 1.69 bits per heavy atom. The summed E-state index contributed by atoms with van der Waals surface area (Å²) >= 11 is 0. The van der Waals surface area contributed by atoms with Crippen LogP contribution < -0.4 is 0 Å². The number of rotatable bonds is 1. The minimum Gasteiger partial charge on any atom is -0.470 e. The van der Waals surface area contributed by atoms with Crippen LogP contribution in [0.1, 0.15) is 71.6 Å². The molecule has 1 N–H and O–H groups in total. The van der Waals surface area contributed by atoms with Crippen LogP contribution in [0.3, 0.4) is 0 Å². The molecule has 4 aliphatic carbocycles. The van der Waals surface area contributed by atoms with Gasteiger partial charge in [0.1, 0.15) is 12.5 Å². The first-order valence-corrected chi connectivity index (χ1v) is 11.0. The van der Waals surface area contributed by atoms with Gasteiger partial charge in [0.25, 0.3) is 0 Å². The van der Waals surface area contributed by atoms with Crippen LogP contribution in [0.15, 0.2) is 24.9 Å². The molecule has 3 heteroatoms. The number of nitrogens with zero attached hydrogens (tertiary/aromatic N) is 1. The summed E-state index contributed by atoms with van der Waals surface area (Å²) in [4.78, 5) is 2.24. The van der Waals surface area contributed by atoms with Crippen molar-refractivity contribution in [1.82, 2.24) is 4.90 Å². The maximum Gasteiger partial charge on any atom is 0.106 e. The summed E-state index contributed by atoms with van der Waals surface area (Å²) in [5, 5.41) is 10.9. The highest BCUT2D eigenvalue weighted by atomic mass is 16.5. The molecule has 3 nitrogen and oxygen atoms in total. The van der Waals surface area contributed by atoms with E-state index in [1.807, 2.05) is 12.4 Å². The lowest BCUT2D eigenvalue weighted by atomic mass is 9.44. The fourth-order valence-corrected chi connectivity index (χ4v) is 8.22. The molecule has 5 aliphatic rings. The first-order chi connectivity index (χ1) is 12.5. The standard InChI is InChI=1S/C23H35NO2/c1-22-9-3-4-17(22)16-5-6-19-21(24-12-14-26-15-13-24)20(25)8-11-23(19,2)18(16)7-10-22/h12-21,25H,3-11H2,1-2H3/t16-,17-,18-,19?,20-,21?,22-,23+/m0/s1. The zero-order chi connectivity index (χ0) is 17.9. The molecule has 5 rings (SSSR count). The molecule has 0 radical (unpaired) electrons. The van der Waals surface area contributed by atoms with E-state index in [1.165, 1.54) is 51.4 Å². The Kier molecular flexibility index (Phi) is 3.97. The van der Waals surface area contributed by atoms with Gasteiger partial charge in [-0.25, -0.2) is 0 Å². The predicted octanol–water partition coefficient (Wildman–Crippen LogP) is 5.03. The van der Waals surface area contributed by atoms with Crippen molar-refractivity contribution in [3.63, 3.8) is 0 Å². The van der Waals surface area contributed by atoms with Gasteiger partial charge in [-0.1, -0.05) is 20.3 Å². The number of hydrogen-bond acceptors (Lipinski definition) is 3. The van der Waals surface area contributed by atoms with E-state index in [9.17, 15) is 5.11 Å². The van der Waals surface area contributed by atoms with E-state index in [2.05, 4.69) is 18.7 Å². The third kappa shape index (κ3) is 2.35. The molecule has 0 bridgehead atoms. The molecule has 1 aliphatic heterocycles. The van der Waals surface area contributed by atoms with Gasteiger partial charge in [0.05, 0.1) is 12.1 Å².